The van der Waals surface area contributed by atoms with E-state index in [-0.39, 0.29) is 18.4 Å². The van der Waals surface area contributed by atoms with E-state index >= 15 is 0 Å². The Morgan fingerprint density at radius 3 is 2.22 bits per heavy atom. The molecule has 1 aliphatic carbocycles. The normalized spacial score (nSPS) is 15.5. The van der Waals surface area contributed by atoms with Crippen LogP contribution in [0.15, 0.2) is 54.6 Å². The van der Waals surface area contributed by atoms with Crippen molar-refractivity contribution in [2.75, 3.05) is 6.61 Å². The molecule has 0 heterocycles. The number of benzene rings is 2. The molecule has 0 N–H and O–H groups in total. The maximum Gasteiger partial charge on any atom is 0.317 e. The minimum absolute atomic E-state index is 0.190. The molecular weight excluding hydrogens is 312 g/mol. The highest BCUT2D eigenvalue weighted by Crippen LogP contribution is 2.45. The first-order chi connectivity index (χ1) is 11.1. The van der Waals surface area contributed by atoms with Crippen molar-refractivity contribution in [1.29, 1.82) is 0 Å². The van der Waals surface area contributed by atoms with Crippen molar-refractivity contribution in [2.24, 2.45) is 0 Å². The lowest BCUT2D eigenvalue weighted by molar-refractivity contribution is -0.153. The molecule has 0 atom stereocenters. The van der Waals surface area contributed by atoms with Crippen molar-refractivity contribution in [1.82, 2.24) is 0 Å². The third-order valence-electron chi connectivity index (χ3n) is 4.42. The topological polar surface area (TPSA) is 43.4 Å². The van der Waals surface area contributed by atoms with Crippen LogP contribution in [0.25, 0.3) is 0 Å². The summed E-state index contributed by atoms with van der Waals surface area (Å²) in [6.45, 7) is -0.224. The number of hydrogen-bond acceptors (Lipinski definition) is 3. The summed E-state index contributed by atoms with van der Waals surface area (Å²) >= 11 is 5.91. The highest BCUT2D eigenvalue weighted by molar-refractivity contribution is 6.30. The molecule has 3 nitrogen and oxygen atoms in total. The Morgan fingerprint density at radius 1 is 1.00 bits per heavy atom. The maximum atomic E-state index is 12.6. The predicted octanol–water partition coefficient (Wildman–Crippen LogP) is 4.19. The predicted molar refractivity (Wildman–Crippen MR) is 88.7 cm³/mol. The van der Waals surface area contributed by atoms with Gasteiger partial charge in [0.1, 0.15) is 0 Å². The van der Waals surface area contributed by atoms with Crippen LogP contribution in [-0.4, -0.2) is 18.4 Å². The first-order valence-electron chi connectivity index (χ1n) is 7.63. The lowest BCUT2D eigenvalue weighted by Gasteiger charge is -2.39. The Bertz CT molecular complexity index is 703. The summed E-state index contributed by atoms with van der Waals surface area (Å²) in [6.07, 6.45) is 2.46. The number of hydrogen-bond donors (Lipinski definition) is 0. The molecule has 0 radical (unpaired) electrons. The number of carbonyl (C=O) groups excluding carboxylic acids is 2. The Labute approximate surface area is 140 Å². The van der Waals surface area contributed by atoms with Crippen molar-refractivity contribution < 1.29 is 14.3 Å². The maximum absolute atomic E-state index is 12.6. The average molecular weight is 329 g/mol. The van der Waals surface area contributed by atoms with Gasteiger partial charge in [0.2, 0.25) is 0 Å². The highest BCUT2D eigenvalue weighted by Gasteiger charge is 2.47. The third-order valence-corrected chi connectivity index (χ3v) is 4.68. The van der Waals surface area contributed by atoms with E-state index in [1.807, 2.05) is 18.2 Å². The zero-order valence-corrected chi connectivity index (χ0v) is 13.4. The zero-order chi connectivity index (χ0) is 16.3. The summed E-state index contributed by atoms with van der Waals surface area (Å²) in [5.74, 6) is -0.514. The molecule has 4 heteroatoms. The molecule has 2 aromatic carbocycles. The number of carbonyl (C=O) groups is 2. The Balaban J connectivity index is 1.69. The van der Waals surface area contributed by atoms with Crippen LogP contribution in [0.1, 0.15) is 35.2 Å². The van der Waals surface area contributed by atoms with Crippen LogP contribution in [-0.2, 0) is 14.9 Å². The molecule has 1 fully saturated rings. The molecule has 3 rings (SSSR count). The summed E-state index contributed by atoms with van der Waals surface area (Å²) in [5, 5.41) is 0.635. The van der Waals surface area contributed by atoms with E-state index in [9.17, 15) is 9.59 Å². The van der Waals surface area contributed by atoms with Gasteiger partial charge in [-0.2, -0.15) is 0 Å². The van der Waals surface area contributed by atoms with Crippen molar-refractivity contribution in [3.8, 4) is 0 Å². The lowest BCUT2D eigenvalue weighted by Crippen LogP contribution is -2.44. The van der Waals surface area contributed by atoms with Gasteiger partial charge in [0.05, 0.1) is 5.41 Å². The number of Topliss-reactive ketones (excluding diaryl/α,β-unsaturated/α-hetero) is 1. The molecule has 2 aromatic rings. The molecule has 1 saturated carbocycles. The van der Waals surface area contributed by atoms with Gasteiger partial charge in [0.15, 0.2) is 12.4 Å². The lowest BCUT2D eigenvalue weighted by atomic mass is 9.64. The molecule has 0 aliphatic heterocycles. The van der Waals surface area contributed by atoms with Gasteiger partial charge >= 0.3 is 5.97 Å². The second-order valence-corrected chi connectivity index (χ2v) is 6.24. The van der Waals surface area contributed by atoms with Gasteiger partial charge in [-0.1, -0.05) is 60.5 Å². The fraction of sp³-hybridized carbons (Fsp3) is 0.263. The van der Waals surface area contributed by atoms with Gasteiger partial charge in [-0.05, 0) is 30.5 Å². The first-order valence-corrected chi connectivity index (χ1v) is 8.01. The second-order valence-electron chi connectivity index (χ2n) is 5.81. The summed E-state index contributed by atoms with van der Waals surface area (Å²) in [7, 11) is 0. The fourth-order valence-corrected chi connectivity index (χ4v) is 3.01. The number of halogens is 1. The summed E-state index contributed by atoms with van der Waals surface area (Å²) in [5.41, 5.74) is 0.835. The highest BCUT2D eigenvalue weighted by atomic mass is 35.5. The average Bonchev–Trinajstić information content (AvgIpc) is 2.54. The molecule has 118 valence electrons. The molecular formula is C19H17ClO3. The molecule has 1 aliphatic rings. The van der Waals surface area contributed by atoms with Crippen LogP contribution in [0.3, 0.4) is 0 Å². The molecule has 0 aromatic heterocycles. The number of ketones is 1. The van der Waals surface area contributed by atoms with E-state index in [0.717, 1.165) is 24.8 Å². The van der Waals surface area contributed by atoms with E-state index < -0.39 is 5.41 Å². The molecule has 0 bridgehead atoms. The van der Waals surface area contributed by atoms with E-state index in [1.165, 1.54) is 0 Å². The molecule has 23 heavy (non-hydrogen) atoms. The van der Waals surface area contributed by atoms with Gasteiger partial charge in [0, 0.05) is 10.6 Å². The van der Waals surface area contributed by atoms with Crippen molar-refractivity contribution in [3.05, 3.63) is 70.7 Å². The Kier molecular flexibility index (Phi) is 4.49. The van der Waals surface area contributed by atoms with E-state index in [1.54, 1.807) is 36.4 Å². The Morgan fingerprint density at radius 2 is 1.65 bits per heavy atom. The second kappa shape index (κ2) is 6.55. The van der Waals surface area contributed by atoms with Crippen LogP contribution in [0, 0.1) is 0 Å². The van der Waals surface area contributed by atoms with E-state index in [0.29, 0.717) is 10.6 Å². The number of ether oxygens (including phenoxy) is 1. The van der Waals surface area contributed by atoms with Gasteiger partial charge < -0.3 is 4.74 Å². The molecule has 0 amide bonds. The van der Waals surface area contributed by atoms with E-state index in [2.05, 4.69) is 0 Å². The number of esters is 1. The van der Waals surface area contributed by atoms with Crippen molar-refractivity contribution in [3.63, 3.8) is 0 Å². The minimum Gasteiger partial charge on any atom is -0.457 e. The van der Waals surface area contributed by atoms with Gasteiger partial charge in [-0.3, -0.25) is 9.59 Å². The van der Waals surface area contributed by atoms with Crippen molar-refractivity contribution >= 4 is 23.4 Å². The SMILES string of the molecule is O=C(COC(=O)C1(c2ccc(Cl)cc2)CCC1)c1ccccc1. The van der Waals surface area contributed by atoms with Crippen LogP contribution >= 0.6 is 11.6 Å². The number of rotatable bonds is 5. The summed E-state index contributed by atoms with van der Waals surface area (Å²) < 4.78 is 5.33. The monoisotopic (exact) mass is 328 g/mol. The summed E-state index contributed by atoms with van der Waals surface area (Å²) in [6, 6.07) is 16.1. The molecule has 0 unspecified atom stereocenters. The smallest absolute Gasteiger partial charge is 0.317 e. The van der Waals surface area contributed by atoms with Gasteiger partial charge in [-0.15, -0.1) is 0 Å². The van der Waals surface area contributed by atoms with Gasteiger partial charge in [-0.25, -0.2) is 0 Å². The van der Waals surface area contributed by atoms with Crippen LogP contribution in [0.5, 0.6) is 0 Å². The fourth-order valence-electron chi connectivity index (χ4n) is 2.89. The Hall–Kier alpha value is -2.13. The van der Waals surface area contributed by atoms with Gasteiger partial charge in [0.25, 0.3) is 0 Å². The quantitative estimate of drug-likeness (QED) is 0.610. The van der Waals surface area contributed by atoms with E-state index in [4.69, 9.17) is 16.3 Å². The van der Waals surface area contributed by atoms with Crippen LogP contribution in [0.4, 0.5) is 0 Å². The molecule has 0 spiro atoms. The summed E-state index contributed by atoms with van der Waals surface area (Å²) in [4.78, 5) is 24.6. The van der Waals surface area contributed by atoms with Crippen LogP contribution in [0.2, 0.25) is 5.02 Å². The molecule has 0 saturated heterocycles. The largest absolute Gasteiger partial charge is 0.457 e. The third kappa shape index (κ3) is 3.15. The first kappa shape index (κ1) is 15.8. The standard InChI is InChI=1S/C19H17ClO3/c20-16-9-7-15(8-10-16)19(11-4-12-19)18(22)23-13-17(21)14-5-2-1-3-6-14/h1-3,5-10H,4,11-13H2. The van der Waals surface area contributed by atoms with Crippen molar-refractivity contribution in [2.45, 2.75) is 24.7 Å². The van der Waals surface area contributed by atoms with Crippen LogP contribution < -0.4 is 0 Å². The minimum atomic E-state index is -0.623. The zero-order valence-electron chi connectivity index (χ0n) is 12.6.